The van der Waals surface area contributed by atoms with Crippen molar-refractivity contribution in [2.75, 3.05) is 19.8 Å². The Morgan fingerprint density at radius 3 is 2.80 bits per heavy atom. The third-order valence-electron chi connectivity index (χ3n) is 5.71. The number of para-hydroxylation sites is 1. The number of rotatable bonds is 3. The van der Waals surface area contributed by atoms with E-state index in [0.29, 0.717) is 13.2 Å². The van der Waals surface area contributed by atoms with Gasteiger partial charge in [0.1, 0.15) is 0 Å². The van der Waals surface area contributed by atoms with E-state index in [4.69, 9.17) is 9.47 Å². The molecule has 152 valence electrons. The standard InChI is InChI=1S/C25H24N2O3/c28-25(13-11-20-10-8-18-5-1-2-6-21(18)26-20)27-14-3-7-22(27)19-9-12-23-24(17-19)30-16-4-15-29-23/h1-2,5-6,8-13,17,22H,3-4,7,14-16H2/b13-11+/t22-/m0/s1. The molecule has 0 unspecified atom stereocenters. The van der Waals surface area contributed by atoms with E-state index in [1.54, 1.807) is 12.2 Å². The molecule has 0 spiro atoms. The highest BCUT2D eigenvalue weighted by Gasteiger charge is 2.29. The second-order valence-corrected chi connectivity index (χ2v) is 7.71. The molecule has 2 aliphatic rings. The van der Waals surface area contributed by atoms with Crippen molar-refractivity contribution in [3.05, 3.63) is 71.9 Å². The summed E-state index contributed by atoms with van der Waals surface area (Å²) in [6, 6.07) is 18.1. The van der Waals surface area contributed by atoms with Gasteiger partial charge in [0.05, 0.1) is 30.5 Å². The molecule has 0 radical (unpaired) electrons. The zero-order chi connectivity index (χ0) is 20.3. The van der Waals surface area contributed by atoms with Crippen LogP contribution in [0.25, 0.3) is 17.0 Å². The van der Waals surface area contributed by atoms with Gasteiger partial charge in [-0.2, -0.15) is 0 Å². The lowest BCUT2D eigenvalue weighted by molar-refractivity contribution is -0.126. The van der Waals surface area contributed by atoms with E-state index in [9.17, 15) is 4.79 Å². The van der Waals surface area contributed by atoms with E-state index in [0.717, 1.165) is 59.5 Å². The molecule has 0 saturated carbocycles. The Labute approximate surface area is 175 Å². The quantitative estimate of drug-likeness (QED) is 0.594. The summed E-state index contributed by atoms with van der Waals surface area (Å²) in [5, 5.41) is 1.09. The number of benzene rings is 2. The van der Waals surface area contributed by atoms with Gasteiger partial charge in [-0.15, -0.1) is 0 Å². The number of aromatic nitrogens is 1. The molecule has 3 aromatic rings. The predicted octanol–water partition coefficient (Wildman–Crippen LogP) is 4.77. The van der Waals surface area contributed by atoms with Gasteiger partial charge in [0.2, 0.25) is 5.91 Å². The largest absolute Gasteiger partial charge is 0.490 e. The molecule has 2 aliphatic heterocycles. The number of amides is 1. The molecular formula is C25H24N2O3. The molecule has 1 saturated heterocycles. The Morgan fingerprint density at radius 2 is 1.87 bits per heavy atom. The van der Waals surface area contributed by atoms with E-state index in [1.165, 1.54) is 0 Å². The van der Waals surface area contributed by atoms with Gasteiger partial charge < -0.3 is 14.4 Å². The summed E-state index contributed by atoms with van der Waals surface area (Å²) in [4.78, 5) is 19.5. The third kappa shape index (κ3) is 3.75. The van der Waals surface area contributed by atoms with Crippen LogP contribution in [0.4, 0.5) is 0 Å². The van der Waals surface area contributed by atoms with Gasteiger partial charge in [0.25, 0.3) is 0 Å². The van der Waals surface area contributed by atoms with Crippen LogP contribution in [0.15, 0.2) is 60.7 Å². The molecule has 5 nitrogen and oxygen atoms in total. The summed E-state index contributed by atoms with van der Waals surface area (Å²) in [5.41, 5.74) is 2.81. The molecule has 0 N–H and O–H groups in total. The first-order chi connectivity index (χ1) is 14.8. The minimum Gasteiger partial charge on any atom is -0.490 e. The number of nitrogens with zero attached hydrogens (tertiary/aromatic N) is 2. The Morgan fingerprint density at radius 1 is 1.00 bits per heavy atom. The second-order valence-electron chi connectivity index (χ2n) is 7.71. The van der Waals surface area contributed by atoms with Crippen LogP contribution in [-0.2, 0) is 4.79 Å². The molecule has 5 rings (SSSR count). The number of carbonyl (C=O) groups is 1. The van der Waals surface area contributed by atoms with E-state index in [2.05, 4.69) is 11.1 Å². The number of hydrogen-bond donors (Lipinski definition) is 0. The van der Waals surface area contributed by atoms with Crippen molar-refractivity contribution in [1.29, 1.82) is 0 Å². The Balaban J connectivity index is 1.34. The number of ether oxygens (including phenoxy) is 2. The van der Waals surface area contributed by atoms with Crippen molar-refractivity contribution in [3.63, 3.8) is 0 Å². The summed E-state index contributed by atoms with van der Waals surface area (Å²) in [6.07, 6.45) is 6.27. The van der Waals surface area contributed by atoms with Gasteiger partial charge in [-0.3, -0.25) is 4.79 Å². The monoisotopic (exact) mass is 400 g/mol. The van der Waals surface area contributed by atoms with E-state index < -0.39 is 0 Å². The molecule has 1 fully saturated rings. The van der Waals surface area contributed by atoms with Gasteiger partial charge in [-0.1, -0.05) is 30.3 Å². The lowest BCUT2D eigenvalue weighted by atomic mass is 10.0. The first-order valence-corrected chi connectivity index (χ1v) is 10.5. The molecule has 1 amide bonds. The van der Waals surface area contributed by atoms with Crippen LogP contribution in [0.5, 0.6) is 11.5 Å². The fourth-order valence-electron chi connectivity index (χ4n) is 4.19. The molecule has 5 heteroatoms. The summed E-state index contributed by atoms with van der Waals surface area (Å²) < 4.78 is 11.6. The topological polar surface area (TPSA) is 51.7 Å². The molecule has 2 aromatic carbocycles. The van der Waals surface area contributed by atoms with Crippen LogP contribution < -0.4 is 9.47 Å². The third-order valence-corrected chi connectivity index (χ3v) is 5.71. The van der Waals surface area contributed by atoms with Crippen molar-refractivity contribution in [2.24, 2.45) is 0 Å². The highest BCUT2D eigenvalue weighted by Crippen LogP contribution is 2.38. The highest BCUT2D eigenvalue weighted by atomic mass is 16.5. The Hall–Kier alpha value is -3.34. The van der Waals surface area contributed by atoms with E-state index in [-0.39, 0.29) is 11.9 Å². The number of fused-ring (bicyclic) bond motifs is 2. The van der Waals surface area contributed by atoms with Crippen molar-refractivity contribution < 1.29 is 14.3 Å². The Bertz CT molecular complexity index is 1110. The number of likely N-dealkylation sites (tertiary alicyclic amines) is 1. The SMILES string of the molecule is O=C(/C=C/c1ccc2ccccc2n1)N1CCC[C@H]1c1ccc2c(c1)OCCCO2. The second kappa shape index (κ2) is 8.19. The van der Waals surface area contributed by atoms with E-state index >= 15 is 0 Å². The van der Waals surface area contributed by atoms with Gasteiger partial charge in [-0.05, 0) is 48.7 Å². The number of pyridine rings is 1. The van der Waals surface area contributed by atoms with Crippen LogP contribution in [0.1, 0.15) is 36.6 Å². The smallest absolute Gasteiger partial charge is 0.247 e. The van der Waals surface area contributed by atoms with E-state index in [1.807, 2.05) is 53.4 Å². The molecule has 3 heterocycles. The van der Waals surface area contributed by atoms with Crippen molar-refractivity contribution >= 4 is 22.9 Å². The maximum Gasteiger partial charge on any atom is 0.247 e. The van der Waals surface area contributed by atoms with Gasteiger partial charge in [0.15, 0.2) is 11.5 Å². The predicted molar refractivity (Wildman–Crippen MR) is 117 cm³/mol. The zero-order valence-electron chi connectivity index (χ0n) is 16.8. The van der Waals surface area contributed by atoms with Crippen LogP contribution in [-0.4, -0.2) is 35.5 Å². The van der Waals surface area contributed by atoms with Crippen LogP contribution >= 0.6 is 0 Å². The molecule has 30 heavy (non-hydrogen) atoms. The minimum atomic E-state index is 0.0135. The Kier molecular flexibility index (Phi) is 5.10. The fourth-order valence-corrected chi connectivity index (χ4v) is 4.19. The lowest BCUT2D eigenvalue weighted by Gasteiger charge is -2.24. The van der Waals surface area contributed by atoms with Crippen molar-refractivity contribution in [2.45, 2.75) is 25.3 Å². The van der Waals surface area contributed by atoms with Crippen LogP contribution in [0.3, 0.4) is 0 Å². The molecular weight excluding hydrogens is 376 g/mol. The first kappa shape index (κ1) is 18.7. The zero-order valence-corrected chi connectivity index (χ0v) is 16.8. The minimum absolute atomic E-state index is 0.0135. The van der Waals surface area contributed by atoms with Gasteiger partial charge in [-0.25, -0.2) is 4.98 Å². The summed E-state index contributed by atoms with van der Waals surface area (Å²) in [7, 11) is 0. The highest BCUT2D eigenvalue weighted by molar-refractivity contribution is 5.92. The molecule has 0 aliphatic carbocycles. The average molecular weight is 400 g/mol. The van der Waals surface area contributed by atoms with Gasteiger partial charge in [0, 0.05) is 24.4 Å². The summed E-state index contributed by atoms with van der Waals surface area (Å²) >= 11 is 0. The van der Waals surface area contributed by atoms with Crippen LogP contribution in [0, 0.1) is 0 Å². The fraction of sp³-hybridized carbons (Fsp3) is 0.280. The van der Waals surface area contributed by atoms with Crippen molar-refractivity contribution in [3.8, 4) is 11.5 Å². The number of carbonyl (C=O) groups excluding carboxylic acids is 1. The average Bonchev–Trinajstić information content (AvgIpc) is 3.16. The maximum absolute atomic E-state index is 13.0. The summed E-state index contributed by atoms with van der Waals surface area (Å²) in [5.74, 6) is 1.58. The van der Waals surface area contributed by atoms with Gasteiger partial charge >= 0.3 is 0 Å². The molecule has 1 aromatic heterocycles. The molecule has 0 bridgehead atoms. The van der Waals surface area contributed by atoms with Crippen molar-refractivity contribution in [1.82, 2.24) is 9.88 Å². The summed E-state index contributed by atoms with van der Waals surface area (Å²) in [6.45, 7) is 2.09. The van der Waals surface area contributed by atoms with Crippen LogP contribution in [0.2, 0.25) is 0 Å². The maximum atomic E-state index is 13.0. The first-order valence-electron chi connectivity index (χ1n) is 10.5. The molecule has 1 atom stereocenters. The normalized spacial score (nSPS) is 18.7. The number of hydrogen-bond acceptors (Lipinski definition) is 4. The lowest BCUT2D eigenvalue weighted by Crippen LogP contribution is -2.28.